The molecule has 12 rings (SSSR count). The molecule has 470 valence electrons. The number of aromatic nitrogens is 12. The van der Waals surface area contributed by atoms with Crippen LogP contribution in [0.1, 0.15) is 168 Å². The van der Waals surface area contributed by atoms with E-state index in [1.165, 1.54) is 19.3 Å². The summed E-state index contributed by atoms with van der Waals surface area (Å²) in [5.74, 6) is 3.09. The smallest absolute Gasteiger partial charge is 0.156 e. The van der Waals surface area contributed by atoms with Crippen LogP contribution in [0.4, 0.5) is 17.5 Å². The van der Waals surface area contributed by atoms with E-state index in [-0.39, 0.29) is 7.43 Å². The number of nitrogens with one attached hydrogen (secondary N) is 1. The van der Waals surface area contributed by atoms with Gasteiger partial charge in [-0.2, -0.15) is 0 Å². The Balaban J connectivity index is 0.00000109. The minimum absolute atomic E-state index is 0. The summed E-state index contributed by atoms with van der Waals surface area (Å²) in [4.78, 5) is 47.7. The van der Waals surface area contributed by atoms with Gasteiger partial charge in [-0.15, -0.1) is 0 Å². The van der Waals surface area contributed by atoms with Crippen molar-refractivity contribution >= 4 is 34.4 Å². The molecule has 0 aromatic carbocycles. The van der Waals surface area contributed by atoms with Crippen LogP contribution in [-0.4, -0.2) is 124 Å². The lowest BCUT2D eigenvalue weighted by atomic mass is 10.1. The van der Waals surface area contributed by atoms with Crippen molar-refractivity contribution in [3.63, 3.8) is 0 Å². The van der Waals surface area contributed by atoms with E-state index in [4.69, 9.17) is 19.7 Å². The summed E-state index contributed by atoms with van der Waals surface area (Å²) in [6, 6.07) is 18.6. The molecule has 0 unspecified atom stereocenters. The molecule has 85 heavy (non-hydrogen) atoms. The van der Waals surface area contributed by atoms with Gasteiger partial charge in [0.1, 0.15) is 17.5 Å². The Morgan fingerprint density at radius 1 is 0.365 bits per heavy atom. The lowest BCUT2D eigenvalue weighted by molar-refractivity contribution is 0.122. The molecule has 0 spiro atoms. The number of nitrogens with zero attached hydrogens (tertiary/aromatic N) is 15. The van der Waals surface area contributed by atoms with Gasteiger partial charge in [-0.05, 0) is 76.4 Å². The minimum atomic E-state index is 0. The lowest BCUT2D eigenvalue weighted by Crippen LogP contribution is -2.43. The van der Waals surface area contributed by atoms with E-state index in [1.807, 2.05) is 191 Å². The molecule has 0 atom stereocenters. The topological polar surface area (TPSA) is 160 Å². The minimum Gasteiger partial charge on any atom is -0.378 e. The molecular weight excluding hydrogens is 1060 g/mol. The first kappa shape index (κ1) is 77.6. The van der Waals surface area contributed by atoms with Crippen molar-refractivity contribution in [2.24, 2.45) is 0 Å². The van der Waals surface area contributed by atoms with Crippen molar-refractivity contribution in [3.05, 3.63) is 127 Å². The number of aryl methyl sites for hydroxylation is 3. The van der Waals surface area contributed by atoms with E-state index in [2.05, 4.69) is 90.7 Å². The molecule has 0 saturated carbocycles. The predicted molar refractivity (Wildman–Crippen MR) is 366 cm³/mol. The first-order valence-electron chi connectivity index (χ1n) is 31.8. The van der Waals surface area contributed by atoms with E-state index in [1.54, 1.807) is 37.2 Å². The zero-order chi connectivity index (χ0) is 62.8. The standard InChI is InChI=1S/C17H19N5.C16H18N6.C16H17N5O.9C2H6.CH4/c1-13-17(22-11-8-18-12-16(22)19-13)14-6-5-7-15(20-14)21-9-3-2-4-10-21;1-12-16(22-10-7-18-11-15(22)19-12)13-3-2-4-14(20-13)21-8-5-17-6-9-21;1-12-16(21-6-5-17-11-15(21)18-12)13-3-2-4-14(19-13)20-7-9-22-10-8-20;9*1-2;/h5-8,11-12H,2-4,9-10H2,1H3;2-4,7,10-11,17H,5-6,8-9H2,1H3;2-6,11H,7-10H2,1H3;9*1-2H3;1H4. The zero-order valence-electron chi connectivity index (χ0n) is 55.7. The monoisotopic (exact) mass is 1170 g/mol. The van der Waals surface area contributed by atoms with Crippen molar-refractivity contribution in [1.29, 1.82) is 0 Å². The first-order valence-corrected chi connectivity index (χ1v) is 31.8. The number of hydrogen-bond acceptors (Lipinski definition) is 14. The summed E-state index contributed by atoms with van der Waals surface area (Å²) in [5, 5.41) is 3.37. The van der Waals surface area contributed by atoms with Gasteiger partial charge in [-0.25, -0.2) is 29.9 Å². The van der Waals surface area contributed by atoms with Gasteiger partial charge < -0.3 is 24.8 Å². The molecule has 1 N–H and O–H groups in total. The predicted octanol–water partition coefficient (Wildman–Crippen LogP) is 16.4. The van der Waals surface area contributed by atoms with Crippen LogP contribution in [0.3, 0.4) is 0 Å². The molecule has 0 aliphatic carbocycles. The average Bonchev–Trinajstić information content (AvgIpc) is 4.48. The summed E-state index contributed by atoms with van der Waals surface area (Å²) in [7, 11) is 0. The fourth-order valence-corrected chi connectivity index (χ4v) is 9.00. The fraction of sp³-hybridized carbons (Fsp3) is 0.515. The molecule has 9 aromatic rings. The lowest BCUT2D eigenvalue weighted by Gasteiger charge is -2.28. The van der Waals surface area contributed by atoms with Gasteiger partial charge in [0.2, 0.25) is 0 Å². The van der Waals surface area contributed by atoms with Crippen molar-refractivity contribution in [2.75, 3.05) is 80.3 Å². The Morgan fingerprint density at radius 3 is 0.976 bits per heavy atom. The van der Waals surface area contributed by atoms with Gasteiger partial charge in [-0.1, -0.05) is 150 Å². The van der Waals surface area contributed by atoms with E-state index in [0.29, 0.717) is 0 Å². The second-order valence-electron chi connectivity index (χ2n) is 16.6. The second-order valence-corrected chi connectivity index (χ2v) is 16.6. The highest BCUT2D eigenvalue weighted by Gasteiger charge is 2.19. The van der Waals surface area contributed by atoms with Crippen LogP contribution in [0.15, 0.2) is 110 Å². The van der Waals surface area contributed by atoms with Crippen LogP contribution in [0.25, 0.3) is 51.1 Å². The number of pyridine rings is 3. The van der Waals surface area contributed by atoms with E-state index in [0.717, 1.165) is 151 Å². The molecule has 9 aromatic heterocycles. The van der Waals surface area contributed by atoms with E-state index >= 15 is 0 Å². The molecule has 3 aliphatic rings. The summed E-state index contributed by atoms with van der Waals surface area (Å²) in [6.45, 7) is 51.5. The number of imidazole rings is 3. The third kappa shape index (κ3) is 21.9. The van der Waals surface area contributed by atoms with Gasteiger partial charge in [0.15, 0.2) is 16.9 Å². The molecule has 0 bridgehead atoms. The number of rotatable bonds is 6. The molecule has 12 heterocycles. The van der Waals surface area contributed by atoms with Crippen LogP contribution in [-0.2, 0) is 4.74 Å². The second kappa shape index (κ2) is 46.0. The molecule has 3 saturated heterocycles. The number of hydrogen-bond donors (Lipinski definition) is 1. The number of fused-ring (bicyclic) bond motifs is 3. The van der Waals surface area contributed by atoms with Crippen molar-refractivity contribution in [2.45, 2.75) is 172 Å². The molecule has 3 aliphatic heterocycles. The summed E-state index contributed by atoms with van der Waals surface area (Å²) in [5.41, 5.74) is 11.4. The highest BCUT2D eigenvalue weighted by Crippen LogP contribution is 2.28. The van der Waals surface area contributed by atoms with Gasteiger partial charge in [0, 0.05) is 89.5 Å². The van der Waals surface area contributed by atoms with Gasteiger partial charge in [0.05, 0.1) is 83.0 Å². The highest BCUT2D eigenvalue weighted by atomic mass is 16.5. The summed E-state index contributed by atoms with van der Waals surface area (Å²) in [6.07, 6.45) is 20.3. The molecule has 17 heteroatoms. The van der Waals surface area contributed by atoms with Crippen molar-refractivity contribution in [3.8, 4) is 34.2 Å². The Morgan fingerprint density at radius 2 is 0.659 bits per heavy atom. The number of piperidine rings is 1. The SMILES string of the molecule is C.CC.CC.CC.CC.CC.CC.CC.CC.CC.Cc1nc2cnccn2c1-c1cccc(N2CCCCC2)n1.Cc1nc2cnccn2c1-c1cccc(N2CCNCC2)n1.Cc1nc2cnccn2c1-c1cccc(N2CCOCC2)n1. The molecule has 0 radical (unpaired) electrons. The third-order valence-corrected chi connectivity index (χ3v) is 12.2. The number of morpholine rings is 1. The fourth-order valence-electron chi connectivity index (χ4n) is 9.00. The molecule has 0 amide bonds. The maximum absolute atomic E-state index is 5.41. The number of piperazine rings is 1. The van der Waals surface area contributed by atoms with Crippen LogP contribution < -0.4 is 20.0 Å². The largest absolute Gasteiger partial charge is 0.378 e. The Labute approximate surface area is 514 Å². The molecule has 3 fully saturated rings. The highest BCUT2D eigenvalue weighted by molar-refractivity contribution is 5.67. The van der Waals surface area contributed by atoms with E-state index in [9.17, 15) is 0 Å². The maximum Gasteiger partial charge on any atom is 0.156 e. The van der Waals surface area contributed by atoms with Crippen LogP contribution in [0, 0.1) is 20.8 Å². The van der Waals surface area contributed by atoms with Crippen molar-refractivity contribution in [1.82, 2.24) is 63.4 Å². The van der Waals surface area contributed by atoms with Gasteiger partial charge in [-0.3, -0.25) is 28.2 Å². The quantitative estimate of drug-likeness (QED) is 0.167. The Kier molecular flexibility index (Phi) is 42.0. The summed E-state index contributed by atoms with van der Waals surface area (Å²) < 4.78 is 11.6. The third-order valence-electron chi connectivity index (χ3n) is 12.2. The number of ether oxygens (including phenoxy) is 1. The van der Waals surface area contributed by atoms with Crippen LogP contribution in [0.5, 0.6) is 0 Å². The Hall–Kier alpha value is -7.37. The maximum atomic E-state index is 5.41. The van der Waals surface area contributed by atoms with Crippen LogP contribution >= 0.6 is 0 Å². The molecule has 17 nitrogen and oxygen atoms in total. The Bertz CT molecular complexity index is 2750. The van der Waals surface area contributed by atoms with E-state index < -0.39 is 0 Å². The van der Waals surface area contributed by atoms with Crippen molar-refractivity contribution < 1.29 is 4.74 Å². The zero-order valence-corrected chi connectivity index (χ0v) is 55.7. The molecular formula is C68H112N16O. The normalized spacial score (nSPS) is 12.6. The average molecular weight is 1170 g/mol. The van der Waals surface area contributed by atoms with Gasteiger partial charge in [0.25, 0.3) is 0 Å². The number of anilines is 3. The summed E-state index contributed by atoms with van der Waals surface area (Å²) >= 11 is 0. The first-order chi connectivity index (χ1) is 41.5. The van der Waals surface area contributed by atoms with Gasteiger partial charge >= 0.3 is 0 Å². The van der Waals surface area contributed by atoms with Crippen LogP contribution in [0.2, 0.25) is 0 Å².